The van der Waals surface area contributed by atoms with Gasteiger partial charge in [-0.3, -0.25) is 4.79 Å². The Morgan fingerprint density at radius 1 is 0.962 bits per heavy atom. The van der Waals surface area contributed by atoms with Crippen LogP contribution < -0.4 is 5.32 Å². The second-order valence-corrected chi connectivity index (χ2v) is 6.22. The van der Waals surface area contributed by atoms with E-state index in [1.807, 2.05) is 25.1 Å². The van der Waals surface area contributed by atoms with E-state index in [9.17, 15) is 9.59 Å². The number of fused-ring (bicyclic) bond motifs is 1. The Hall–Kier alpha value is -2.85. The highest BCUT2D eigenvalue weighted by Gasteiger charge is 2.12. The van der Waals surface area contributed by atoms with Gasteiger partial charge in [0.1, 0.15) is 0 Å². The molecule has 0 atom stereocenters. The number of esters is 1. The first kappa shape index (κ1) is 18.0. The Morgan fingerprint density at radius 2 is 1.65 bits per heavy atom. The summed E-state index contributed by atoms with van der Waals surface area (Å²) in [4.78, 5) is 24.5. The lowest BCUT2D eigenvalue weighted by atomic mass is 10.0. The molecule has 0 aromatic heterocycles. The average molecular weight is 368 g/mol. The van der Waals surface area contributed by atoms with Gasteiger partial charge in [0.05, 0.1) is 12.2 Å². The zero-order chi connectivity index (χ0) is 18.5. The van der Waals surface area contributed by atoms with Crippen molar-refractivity contribution < 1.29 is 14.3 Å². The minimum Gasteiger partial charge on any atom is -0.462 e. The molecule has 1 N–H and O–H groups in total. The average Bonchev–Trinajstić information content (AvgIpc) is 2.66. The van der Waals surface area contributed by atoms with E-state index in [2.05, 4.69) is 5.32 Å². The number of rotatable bonds is 5. The van der Waals surface area contributed by atoms with Gasteiger partial charge in [-0.15, -0.1) is 0 Å². The molecule has 4 nitrogen and oxygen atoms in total. The van der Waals surface area contributed by atoms with Gasteiger partial charge in [-0.25, -0.2) is 4.79 Å². The van der Waals surface area contributed by atoms with E-state index in [-0.39, 0.29) is 11.9 Å². The van der Waals surface area contributed by atoms with E-state index in [4.69, 9.17) is 16.3 Å². The Balaban J connectivity index is 1.78. The van der Waals surface area contributed by atoms with Crippen LogP contribution in [-0.4, -0.2) is 18.5 Å². The van der Waals surface area contributed by atoms with Gasteiger partial charge in [0, 0.05) is 21.7 Å². The van der Waals surface area contributed by atoms with Crippen LogP contribution >= 0.6 is 11.6 Å². The fourth-order valence-electron chi connectivity index (χ4n) is 2.64. The molecule has 3 aromatic carbocycles. The Kier molecular flexibility index (Phi) is 5.54. The lowest BCUT2D eigenvalue weighted by Gasteiger charge is -2.09. The number of ether oxygens (including phenoxy) is 1. The Morgan fingerprint density at radius 3 is 2.38 bits per heavy atom. The highest BCUT2D eigenvalue weighted by Crippen LogP contribution is 2.26. The van der Waals surface area contributed by atoms with Crippen LogP contribution in [-0.2, 0) is 4.74 Å². The van der Waals surface area contributed by atoms with Crippen LogP contribution in [0.25, 0.3) is 10.8 Å². The van der Waals surface area contributed by atoms with E-state index in [1.54, 1.807) is 42.5 Å². The molecule has 0 bridgehead atoms. The van der Waals surface area contributed by atoms with Crippen LogP contribution in [0.1, 0.15) is 34.1 Å². The van der Waals surface area contributed by atoms with Gasteiger partial charge in [0.15, 0.2) is 0 Å². The summed E-state index contributed by atoms with van der Waals surface area (Å²) in [7, 11) is 0. The normalized spacial score (nSPS) is 10.5. The molecule has 1 amide bonds. The van der Waals surface area contributed by atoms with Crippen LogP contribution in [0.15, 0.2) is 60.7 Å². The maximum absolute atomic E-state index is 12.7. The molecule has 0 unspecified atom stereocenters. The number of amides is 1. The number of hydrogen-bond acceptors (Lipinski definition) is 3. The Labute approximate surface area is 156 Å². The summed E-state index contributed by atoms with van der Waals surface area (Å²) in [6.45, 7) is 2.33. The zero-order valence-electron chi connectivity index (χ0n) is 14.3. The van der Waals surface area contributed by atoms with Crippen molar-refractivity contribution in [1.29, 1.82) is 0 Å². The maximum Gasteiger partial charge on any atom is 0.338 e. The second-order valence-electron chi connectivity index (χ2n) is 5.81. The molecular formula is C21H18ClNO3. The lowest BCUT2D eigenvalue weighted by molar-refractivity contribution is 0.0505. The lowest BCUT2D eigenvalue weighted by Crippen LogP contribution is -2.12. The molecule has 0 radical (unpaired) electrons. The van der Waals surface area contributed by atoms with Crippen molar-refractivity contribution in [2.24, 2.45) is 0 Å². The molecule has 3 rings (SSSR count). The second kappa shape index (κ2) is 8.02. The molecule has 0 spiro atoms. The highest BCUT2D eigenvalue weighted by atomic mass is 35.5. The minimum atomic E-state index is -0.367. The van der Waals surface area contributed by atoms with Crippen LogP contribution in [0.5, 0.6) is 0 Å². The van der Waals surface area contributed by atoms with Crippen molar-refractivity contribution in [3.63, 3.8) is 0 Å². The number of anilines is 1. The molecule has 0 fully saturated rings. The predicted molar refractivity (Wildman–Crippen MR) is 104 cm³/mol. The van der Waals surface area contributed by atoms with Crippen LogP contribution in [0.3, 0.4) is 0 Å². The fraction of sp³-hybridized carbons (Fsp3) is 0.143. The van der Waals surface area contributed by atoms with Crippen molar-refractivity contribution in [2.45, 2.75) is 13.3 Å². The molecule has 0 aliphatic heterocycles. The van der Waals surface area contributed by atoms with Crippen molar-refractivity contribution >= 4 is 39.9 Å². The fourth-order valence-corrected chi connectivity index (χ4v) is 2.87. The van der Waals surface area contributed by atoms with Crippen molar-refractivity contribution in [3.8, 4) is 0 Å². The minimum absolute atomic E-state index is 0.237. The number of benzene rings is 3. The SMILES string of the molecule is CCCOC(=O)c1ccc(NC(=O)c2cccc3c(Cl)cccc23)cc1. The zero-order valence-corrected chi connectivity index (χ0v) is 15.0. The van der Waals surface area contributed by atoms with Gasteiger partial charge < -0.3 is 10.1 Å². The molecule has 0 heterocycles. The monoisotopic (exact) mass is 367 g/mol. The van der Waals surface area contributed by atoms with Gasteiger partial charge >= 0.3 is 5.97 Å². The molecule has 132 valence electrons. The predicted octanol–water partition coefficient (Wildman–Crippen LogP) is 5.31. The van der Waals surface area contributed by atoms with Crippen LogP contribution in [0.4, 0.5) is 5.69 Å². The molecule has 0 aliphatic rings. The first-order valence-electron chi connectivity index (χ1n) is 8.36. The largest absolute Gasteiger partial charge is 0.462 e. The summed E-state index contributed by atoms with van der Waals surface area (Å²) in [6, 6.07) is 17.5. The van der Waals surface area contributed by atoms with E-state index in [0.29, 0.717) is 28.4 Å². The van der Waals surface area contributed by atoms with E-state index < -0.39 is 0 Å². The van der Waals surface area contributed by atoms with Gasteiger partial charge in [-0.2, -0.15) is 0 Å². The summed E-state index contributed by atoms with van der Waals surface area (Å²) in [6.07, 6.45) is 0.773. The van der Waals surface area contributed by atoms with Crippen molar-refractivity contribution in [3.05, 3.63) is 76.8 Å². The van der Waals surface area contributed by atoms with Gasteiger partial charge in [0.2, 0.25) is 0 Å². The number of nitrogens with one attached hydrogen (secondary N) is 1. The summed E-state index contributed by atoms with van der Waals surface area (Å²) >= 11 is 6.20. The maximum atomic E-state index is 12.7. The standard InChI is InChI=1S/C21H18ClNO3/c1-2-13-26-21(25)14-9-11-15(12-10-14)23-20(24)18-7-3-6-17-16(18)5-4-8-19(17)22/h3-12H,2,13H2,1H3,(H,23,24). The van der Waals surface area contributed by atoms with E-state index in [0.717, 1.165) is 17.2 Å². The first-order valence-corrected chi connectivity index (χ1v) is 8.73. The quantitative estimate of drug-likeness (QED) is 0.621. The summed E-state index contributed by atoms with van der Waals surface area (Å²) < 4.78 is 5.09. The third kappa shape index (κ3) is 3.86. The first-order chi connectivity index (χ1) is 12.6. The molecule has 5 heteroatoms. The summed E-state index contributed by atoms with van der Waals surface area (Å²) in [5.74, 6) is -0.604. The third-order valence-electron chi connectivity index (χ3n) is 3.93. The van der Waals surface area contributed by atoms with Crippen LogP contribution in [0.2, 0.25) is 5.02 Å². The molecule has 3 aromatic rings. The van der Waals surface area contributed by atoms with Gasteiger partial charge in [0.25, 0.3) is 5.91 Å². The van der Waals surface area contributed by atoms with Gasteiger partial charge in [-0.1, -0.05) is 42.8 Å². The smallest absolute Gasteiger partial charge is 0.338 e. The summed E-state index contributed by atoms with van der Waals surface area (Å²) in [5.41, 5.74) is 1.59. The number of hydrogen-bond donors (Lipinski definition) is 1. The number of carbonyl (C=O) groups is 2. The number of halogens is 1. The van der Waals surface area contributed by atoms with Crippen molar-refractivity contribution in [1.82, 2.24) is 0 Å². The van der Waals surface area contributed by atoms with E-state index >= 15 is 0 Å². The molecule has 0 aliphatic carbocycles. The molecular weight excluding hydrogens is 350 g/mol. The van der Waals surface area contributed by atoms with Crippen molar-refractivity contribution in [2.75, 3.05) is 11.9 Å². The topological polar surface area (TPSA) is 55.4 Å². The Bertz CT molecular complexity index is 951. The molecule has 0 saturated heterocycles. The van der Waals surface area contributed by atoms with E-state index in [1.165, 1.54) is 0 Å². The highest BCUT2D eigenvalue weighted by molar-refractivity contribution is 6.36. The third-order valence-corrected chi connectivity index (χ3v) is 4.26. The van der Waals surface area contributed by atoms with Gasteiger partial charge in [-0.05, 0) is 48.2 Å². The van der Waals surface area contributed by atoms with Crippen LogP contribution in [0, 0.1) is 0 Å². The molecule has 0 saturated carbocycles. The summed E-state index contributed by atoms with van der Waals surface area (Å²) in [5, 5.41) is 5.07. The number of carbonyl (C=O) groups excluding carboxylic acids is 2. The molecule has 26 heavy (non-hydrogen) atoms.